The summed E-state index contributed by atoms with van der Waals surface area (Å²) in [6.45, 7) is 3.71. The van der Waals surface area contributed by atoms with Crippen LogP contribution in [0.2, 0.25) is 0 Å². The molecule has 0 amide bonds. The lowest BCUT2D eigenvalue weighted by Gasteiger charge is -2.07. The van der Waals surface area contributed by atoms with Gasteiger partial charge in [-0.25, -0.2) is 4.79 Å². The van der Waals surface area contributed by atoms with Gasteiger partial charge in [0.15, 0.2) is 0 Å². The third kappa shape index (κ3) is 4.12. The fourth-order valence-electron chi connectivity index (χ4n) is 2.01. The second-order valence-corrected chi connectivity index (χ2v) is 4.85. The SMILES string of the molecule is COc1ccc(/C=C/C(=O)OCc2c(C)noc2C)c(OC)c1. The molecular weight excluding hydrogens is 298 g/mol. The number of hydrogen-bond donors (Lipinski definition) is 0. The van der Waals surface area contributed by atoms with E-state index in [-0.39, 0.29) is 6.61 Å². The summed E-state index contributed by atoms with van der Waals surface area (Å²) in [4.78, 5) is 11.8. The van der Waals surface area contributed by atoms with Gasteiger partial charge in [0, 0.05) is 17.7 Å². The molecule has 0 unspecified atom stereocenters. The van der Waals surface area contributed by atoms with Crippen molar-refractivity contribution in [3.8, 4) is 11.5 Å². The van der Waals surface area contributed by atoms with E-state index in [0.29, 0.717) is 17.3 Å². The van der Waals surface area contributed by atoms with Crippen LogP contribution in [-0.4, -0.2) is 25.3 Å². The van der Waals surface area contributed by atoms with Crippen molar-refractivity contribution >= 4 is 12.0 Å². The summed E-state index contributed by atoms with van der Waals surface area (Å²) < 4.78 is 20.6. The maximum atomic E-state index is 11.8. The smallest absolute Gasteiger partial charge is 0.331 e. The summed E-state index contributed by atoms with van der Waals surface area (Å²) in [5.74, 6) is 1.48. The van der Waals surface area contributed by atoms with E-state index in [9.17, 15) is 4.79 Å². The molecule has 1 aromatic carbocycles. The van der Waals surface area contributed by atoms with Crippen LogP contribution in [0.3, 0.4) is 0 Å². The Morgan fingerprint density at radius 3 is 2.65 bits per heavy atom. The van der Waals surface area contributed by atoms with Gasteiger partial charge in [-0.05, 0) is 32.1 Å². The lowest BCUT2D eigenvalue weighted by atomic mass is 10.1. The van der Waals surface area contributed by atoms with Crippen molar-refractivity contribution in [2.75, 3.05) is 14.2 Å². The van der Waals surface area contributed by atoms with E-state index < -0.39 is 5.97 Å². The van der Waals surface area contributed by atoms with Crippen LogP contribution in [0, 0.1) is 13.8 Å². The second-order valence-electron chi connectivity index (χ2n) is 4.85. The molecule has 23 heavy (non-hydrogen) atoms. The summed E-state index contributed by atoms with van der Waals surface area (Å²) >= 11 is 0. The van der Waals surface area contributed by atoms with Crippen molar-refractivity contribution < 1.29 is 23.5 Å². The molecule has 0 saturated heterocycles. The number of carbonyl (C=O) groups excluding carboxylic acids is 1. The van der Waals surface area contributed by atoms with Crippen molar-refractivity contribution in [1.29, 1.82) is 0 Å². The Balaban J connectivity index is 2.01. The number of esters is 1. The van der Waals surface area contributed by atoms with Gasteiger partial charge in [0.25, 0.3) is 0 Å². The van der Waals surface area contributed by atoms with E-state index in [4.69, 9.17) is 18.7 Å². The molecule has 0 bridgehead atoms. The second kappa shape index (κ2) is 7.49. The van der Waals surface area contributed by atoms with Crippen molar-refractivity contribution in [2.24, 2.45) is 0 Å². The molecular formula is C17H19NO5. The van der Waals surface area contributed by atoms with E-state index in [1.807, 2.05) is 0 Å². The predicted octanol–water partition coefficient (Wildman–Crippen LogP) is 3.07. The Kier molecular flexibility index (Phi) is 5.41. The average Bonchev–Trinajstić information content (AvgIpc) is 2.89. The lowest BCUT2D eigenvalue weighted by Crippen LogP contribution is -2.02. The Morgan fingerprint density at radius 1 is 1.26 bits per heavy atom. The number of hydrogen-bond acceptors (Lipinski definition) is 6. The van der Waals surface area contributed by atoms with E-state index in [1.165, 1.54) is 6.08 Å². The Labute approximate surface area is 134 Å². The van der Waals surface area contributed by atoms with Gasteiger partial charge < -0.3 is 18.7 Å². The number of methoxy groups -OCH3 is 2. The van der Waals surface area contributed by atoms with Gasteiger partial charge in [-0.1, -0.05) is 5.16 Å². The highest BCUT2D eigenvalue weighted by atomic mass is 16.5. The van der Waals surface area contributed by atoms with Gasteiger partial charge >= 0.3 is 5.97 Å². The van der Waals surface area contributed by atoms with Crippen LogP contribution in [0.1, 0.15) is 22.6 Å². The quantitative estimate of drug-likeness (QED) is 0.602. The normalized spacial score (nSPS) is 10.8. The standard InChI is InChI=1S/C17H19NO5/c1-11-15(12(2)23-18-11)10-22-17(19)8-6-13-5-7-14(20-3)9-16(13)21-4/h5-9H,10H2,1-4H3/b8-6+. The molecule has 0 spiro atoms. The molecule has 0 atom stereocenters. The molecule has 0 aliphatic heterocycles. The van der Waals surface area contributed by atoms with Gasteiger partial charge in [-0.2, -0.15) is 0 Å². The fourth-order valence-corrected chi connectivity index (χ4v) is 2.01. The average molecular weight is 317 g/mol. The largest absolute Gasteiger partial charge is 0.497 e. The molecule has 1 aromatic heterocycles. The van der Waals surface area contributed by atoms with Crippen LogP contribution >= 0.6 is 0 Å². The van der Waals surface area contributed by atoms with Crippen molar-refractivity contribution in [1.82, 2.24) is 5.16 Å². The number of ether oxygens (including phenoxy) is 3. The summed E-state index contributed by atoms with van der Waals surface area (Å²) in [6.07, 6.45) is 2.98. The molecule has 0 aliphatic carbocycles. The molecule has 1 heterocycles. The minimum atomic E-state index is -0.456. The van der Waals surface area contributed by atoms with Crippen LogP contribution in [0.4, 0.5) is 0 Å². The highest BCUT2D eigenvalue weighted by Gasteiger charge is 2.10. The Hall–Kier alpha value is -2.76. The molecule has 6 heteroatoms. The zero-order valence-electron chi connectivity index (χ0n) is 13.6. The van der Waals surface area contributed by atoms with Gasteiger partial charge in [0.2, 0.25) is 0 Å². The third-order valence-electron chi connectivity index (χ3n) is 3.38. The van der Waals surface area contributed by atoms with E-state index in [1.54, 1.807) is 52.3 Å². The van der Waals surface area contributed by atoms with Crippen molar-refractivity contribution in [3.05, 3.63) is 46.9 Å². The van der Waals surface area contributed by atoms with Crippen LogP contribution in [0.15, 0.2) is 28.8 Å². The number of benzene rings is 1. The maximum Gasteiger partial charge on any atom is 0.331 e. The summed E-state index contributed by atoms with van der Waals surface area (Å²) in [7, 11) is 3.14. The number of nitrogens with zero attached hydrogens (tertiary/aromatic N) is 1. The lowest BCUT2D eigenvalue weighted by molar-refractivity contribution is -0.138. The Bertz CT molecular complexity index is 698. The van der Waals surface area contributed by atoms with Crippen LogP contribution in [-0.2, 0) is 16.1 Å². The van der Waals surface area contributed by atoms with Crippen molar-refractivity contribution in [2.45, 2.75) is 20.5 Å². The molecule has 122 valence electrons. The summed E-state index contributed by atoms with van der Waals surface area (Å²) in [5.41, 5.74) is 2.26. The molecule has 0 aliphatic rings. The molecule has 0 fully saturated rings. The highest BCUT2D eigenvalue weighted by molar-refractivity contribution is 5.87. The first kappa shape index (κ1) is 16.6. The van der Waals surface area contributed by atoms with Crippen LogP contribution in [0.25, 0.3) is 6.08 Å². The Morgan fingerprint density at radius 2 is 2.04 bits per heavy atom. The molecule has 0 saturated carbocycles. The summed E-state index contributed by atoms with van der Waals surface area (Å²) in [5, 5.41) is 3.81. The zero-order chi connectivity index (χ0) is 16.8. The first-order chi connectivity index (χ1) is 11.0. The number of rotatable bonds is 6. The van der Waals surface area contributed by atoms with Crippen molar-refractivity contribution in [3.63, 3.8) is 0 Å². The van der Waals surface area contributed by atoms with Gasteiger partial charge in [0.1, 0.15) is 23.9 Å². The number of carbonyl (C=O) groups is 1. The third-order valence-corrected chi connectivity index (χ3v) is 3.38. The predicted molar refractivity (Wildman–Crippen MR) is 84.4 cm³/mol. The highest BCUT2D eigenvalue weighted by Crippen LogP contribution is 2.25. The maximum absolute atomic E-state index is 11.8. The molecule has 2 rings (SSSR count). The molecule has 0 N–H and O–H groups in total. The number of aryl methyl sites for hydroxylation is 2. The molecule has 6 nitrogen and oxygen atoms in total. The fraction of sp³-hybridized carbons (Fsp3) is 0.294. The minimum Gasteiger partial charge on any atom is -0.497 e. The van der Waals surface area contributed by atoms with E-state index >= 15 is 0 Å². The van der Waals surface area contributed by atoms with Gasteiger partial charge in [0.05, 0.1) is 25.5 Å². The first-order valence-electron chi connectivity index (χ1n) is 7.03. The molecule has 2 aromatic rings. The topological polar surface area (TPSA) is 70.8 Å². The van der Waals surface area contributed by atoms with Crippen LogP contribution in [0.5, 0.6) is 11.5 Å². The molecule has 0 radical (unpaired) electrons. The van der Waals surface area contributed by atoms with E-state index in [0.717, 1.165) is 16.8 Å². The van der Waals surface area contributed by atoms with Gasteiger partial charge in [-0.15, -0.1) is 0 Å². The number of aromatic nitrogens is 1. The minimum absolute atomic E-state index is 0.129. The monoisotopic (exact) mass is 317 g/mol. The zero-order valence-corrected chi connectivity index (χ0v) is 13.6. The first-order valence-corrected chi connectivity index (χ1v) is 7.03. The van der Waals surface area contributed by atoms with E-state index in [2.05, 4.69) is 5.16 Å². The van der Waals surface area contributed by atoms with Crippen LogP contribution < -0.4 is 9.47 Å². The van der Waals surface area contributed by atoms with Gasteiger partial charge in [-0.3, -0.25) is 0 Å². The summed E-state index contributed by atoms with van der Waals surface area (Å²) in [6, 6.07) is 5.34.